The summed E-state index contributed by atoms with van der Waals surface area (Å²) >= 11 is 1.76. The molecule has 10 rings (SSSR count). The van der Waals surface area contributed by atoms with Crippen molar-refractivity contribution in [2.45, 2.75) is 0 Å². The minimum atomic E-state index is 0.721. The largest absolute Gasteiger partial charge is 0.256 e. The minimum Gasteiger partial charge on any atom is -0.256 e. The van der Waals surface area contributed by atoms with Gasteiger partial charge in [-0.2, -0.15) is 0 Å². The zero-order valence-electron chi connectivity index (χ0n) is 27.5. The van der Waals surface area contributed by atoms with Gasteiger partial charge in [-0.1, -0.05) is 140 Å². The van der Waals surface area contributed by atoms with Gasteiger partial charge in [-0.15, -0.1) is 11.3 Å². The molecule has 0 saturated carbocycles. The number of nitrogens with zero attached hydrogens (tertiary/aromatic N) is 3. The summed E-state index contributed by atoms with van der Waals surface area (Å²) < 4.78 is 2.32. The summed E-state index contributed by atoms with van der Waals surface area (Å²) in [7, 11) is 0. The highest BCUT2D eigenvalue weighted by molar-refractivity contribution is 7.26. The van der Waals surface area contributed by atoms with Crippen molar-refractivity contribution in [1.29, 1.82) is 0 Å². The Hall–Kier alpha value is -6.49. The highest BCUT2D eigenvalue weighted by atomic mass is 32.1. The van der Waals surface area contributed by atoms with Gasteiger partial charge in [0.05, 0.1) is 21.4 Å². The third-order valence-electron chi connectivity index (χ3n) is 9.72. The van der Waals surface area contributed by atoms with E-state index in [1.54, 1.807) is 11.3 Å². The van der Waals surface area contributed by atoms with E-state index in [2.05, 4.69) is 164 Å². The van der Waals surface area contributed by atoms with Crippen LogP contribution in [0.15, 0.2) is 176 Å². The number of fused-ring (bicyclic) bond motifs is 6. The molecule has 0 radical (unpaired) electrons. The molecule has 0 amide bonds. The molecule has 0 N–H and O–H groups in total. The van der Waals surface area contributed by atoms with Crippen LogP contribution in [0.25, 0.3) is 98.0 Å². The number of rotatable bonds is 5. The topological polar surface area (TPSA) is 38.7 Å². The molecule has 238 valence electrons. The lowest BCUT2D eigenvalue weighted by molar-refractivity contribution is 1.24. The molecule has 3 aromatic heterocycles. The highest BCUT2D eigenvalue weighted by Gasteiger charge is 2.17. The van der Waals surface area contributed by atoms with Gasteiger partial charge >= 0.3 is 0 Å². The van der Waals surface area contributed by atoms with Crippen LogP contribution in [-0.4, -0.2) is 15.0 Å². The summed E-state index contributed by atoms with van der Waals surface area (Å²) in [5.74, 6) is 0.721. The van der Waals surface area contributed by atoms with Gasteiger partial charge in [-0.05, 0) is 69.1 Å². The van der Waals surface area contributed by atoms with Gasteiger partial charge in [0.2, 0.25) is 0 Å². The van der Waals surface area contributed by atoms with Crippen LogP contribution >= 0.6 is 11.3 Å². The molecular formula is C47H29N3S. The third-order valence-corrected chi connectivity index (χ3v) is 10.9. The maximum absolute atomic E-state index is 5.30. The van der Waals surface area contributed by atoms with Crippen molar-refractivity contribution in [1.82, 2.24) is 15.0 Å². The second kappa shape index (κ2) is 12.1. The maximum atomic E-state index is 5.30. The lowest BCUT2D eigenvalue weighted by Gasteiger charge is -2.12. The number of pyridine rings is 1. The number of thiophene rings is 1. The summed E-state index contributed by atoms with van der Waals surface area (Å²) in [5.41, 5.74) is 12.1. The van der Waals surface area contributed by atoms with Gasteiger partial charge in [0.15, 0.2) is 5.82 Å². The Morgan fingerprint density at radius 2 is 1.02 bits per heavy atom. The molecule has 0 unspecified atom stereocenters. The molecule has 0 aliphatic heterocycles. The maximum Gasteiger partial charge on any atom is 0.160 e. The third kappa shape index (κ3) is 5.16. The molecule has 0 bridgehead atoms. The van der Waals surface area contributed by atoms with Crippen LogP contribution in [0.1, 0.15) is 0 Å². The van der Waals surface area contributed by atoms with Crippen LogP contribution in [-0.2, 0) is 0 Å². The number of benzene rings is 7. The quantitative estimate of drug-likeness (QED) is 0.171. The molecule has 0 aliphatic rings. The van der Waals surface area contributed by atoms with E-state index < -0.39 is 0 Å². The van der Waals surface area contributed by atoms with Crippen LogP contribution < -0.4 is 0 Å². The second-order valence-corrected chi connectivity index (χ2v) is 13.9. The summed E-state index contributed by atoms with van der Waals surface area (Å²) in [4.78, 5) is 15.2. The standard InChI is InChI=1S/C47H29N3S/c1-2-11-30(12-3-1)31-22-24-32(25-23-31)44-46-45(40-20-6-7-21-42(40)51-46)50-47(49-44)37-16-9-14-34(28-37)33-13-8-15-35(27-33)41-29-36-17-10-26-48-43(36)39-19-5-4-18-38(39)41/h1-29H. The molecule has 0 fully saturated rings. The Morgan fingerprint density at radius 3 is 1.84 bits per heavy atom. The van der Waals surface area contributed by atoms with E-state index in [0.717, 1.165) is 65.7 Å². The lowest BCUT2D eigenvalue weighted by atomic mass is 9.93. The van der Waals surface area contributed by atoms with E-state index in [1.807, 2.05) is 12.3 Å². The summed E-state index contributed by atoms with van der Waals surface area (Å²) in [5, 5.41) is 4.66. The fraction of sp³-hybridized carbons (Fsp3) is 0. The minimum absolute atomic E-state index is 0.721. The van der Waals surface area contributed by atoms with Crippen LogP contribution in [0.3, 0.4) is 0 Å². The zero-order valence-corrected chi connectivity index (χ0v) is 28.3. The van der Waals surface area contributed by atoms with Gasteiger partial charge < -0.3 is 0 Å². The van der Waals surface area contributed by atoms with E-state index in [-0.39, 0.29) is 0 Å². The van der Waals surface area contributed by atoms with Gasteiger partial charge in [-0.25, -0.2) is 9.97 Å². The van der Waals surface area contributed by atoms with E-state index in [1.165, 1.54) is 32.3 Å². The smallest absolute Gasteiger partial charge is 0.160 e. The molecule has 3 nitrogen and oxygen atoms in total. The second-order valence-electron chi connectivity index (χ2n) is 12.8. The van der Waals surface area contributed by atoms with E-state index in [4.69, 9.17) is 15.0 Å². The van der Waals surface area contributed by atoms with Crippen LogP contribution in [0.4, 0.5) is 0 Å². The van der Waals surface area contributed by atoms with Crippen molar-refractivity contribution in [3.05, 3.63) is 176 Å². The monoisotopic (exact) mass is 667 g/mol. The van der Waals surface area contributed by atoms with Gasteiger partial charge in [0.1, 0.15) is 0 Å². The molecule has 0 saturated heterocycles. The van der Waals surface area contributed by atoms with E-state index >= 15 is 0 Å². The molecule has 7 aromatic carbocycles. The first-order valence-electron chi connectivity index (χ1n) is 17.1. The summed E-state index contributed by atoms with van der Waals surface area (Å²) in [6.07, 6.45) is 1.87. The Labute approximate surface area is 299 Å². The molecule has 3 heterocycles. The fourth-order valence-corrected chi connectivity index (χ4v) is 8.38. The average Bonchev–Trinajstić information content (AvgIpc) is 3.59. The average molecular weight is 668 g/mol. The first-order chi connectivity index (χ1) is 25.3. The first-order valence-corrected chi connectivity index (χ1v) is 17.9. The number of aromatic nitrogens is 3. The van der Waals surface area contributed by atoms with E-state index in [0.29, 0.717) is 0 Å². The van der Waals surface area contributed by atoms with Gasteiger partial charge in [-0.3, -0.25) is 4.98 Å². The predicted molar refractivity (Wildman–Crippen MR) is 215 cm³/mol. The van der Waals surface area contributed by atoms with Crippen molar-refractivity contribution < 1.29 is 0 Å². The summed E-state index contributed by atoms with van der Waals surface area (Å²) in [6, 6.07) is 60.2. The summed E-state index contributed by atoms with van der Waals surface area (Å²) in [6.45, 7) is 0. The van der Waals surface area contributed by atoms with Crippen molar-refractivity contribution in [2.75, 3.05) is 0 Å². The van der Waals surface area contributed by atoms with Crippen molar-refractivity contribution in [2.24, 2.45) is 0 Å². The van der Waals surface area contributed by atoms with Crippen LogP contribution in [0, 0.1) is 0 Å². The molecule has 0 aliphatic carbocycles. The molecule has 4 heteroatoms. The molecular weight excluding hydrogens is 639 g/mol. The SMILES string of the molecule is c1ccc(-c2ccc(-c3nc(-c4cccc(-c5cccc(-c6cc7cccnc7c7ccccc67)c5)c4)nc4c3sc3ccccc34)cc2)cc1. The van der Waals surface area contributed by atoms with Crippen molar-refractivity contribution in [3.8, 4) is 56.0 Å². The van der Waals surface area contributed by atoms with E-state index in [9.17, 15) is 0 Å². The molecule has 0 atom stereocenters. The zero-order chi connectivity index (χ0) is 33.7. The van der Waals surface area contributed by atoms with Crippen molar-refractivity contribution >= 4 is 53.3 Å². The fourth-order valence-electron chi connectivity index (χ4n) is 7.23. The first kappa shape index (κ1) is 29.4. The van der Waals surface area contributed by atoms with Crippen LogP contribution in [0.2, 0.25) is 0 Å². The Kier molecular flexibility index (Phi) is 7.00. The van der Waals surface area contributed by atoms with Crippen LogP contribution in [0.5, 0.6) is 0 Å². The van der Waals surface area contributed by atoms with Gasteiger partial charge in [0, 0.05) is 38.2 Å². The number of hydrogen-bond donors (Lipinski definition) is 0. The Morgan fingerprint density at radius 1 is 0.392 bits per heavy atom. The van der Waals surface area contributed by atoms with Gasteiger partial charge in [0.25, 0.3) is 0 Å². The lowest BCUT2D eigenvalue weighted by Crippen LogP contribution is -1.94. The molecule has 10 aromatic rings. The Balaban J connectivity index is 1.09. The molecule has 0 spiro atoms. The van der Waals surface area contributed by atoms with Crippen molar-refractivity contribution in [3.63, 3.8) is 0 Å². The normalized spacial score (nSPS) is 11.5. The number of hydrogen-bond acceptors (Lipinski definition) is 4. The predicted octanol–water partition coefficient (Wildman–Crippen LogP) is 12.9. The molecule has 51 heavy (non-hydrogen) atoms. The Bertz CT molecular complexity index is 2910. The highest BCUT2D eigenvalue weighted by Crippen LogP contribution is 2.41.